The van der Waals surface area contributed by atoms with Gasteiger partial charge in [-0.05, 0) is 82.3 Å². The highest BCUT2D eigenvalue weighted by Crippen LogP contribution is 2.44. The third-order valence-electron chi connectivity index (χ3n) is 8.11. The highest BCUT2D eigenvalue weighted by molar-refractivity contribution is 5.77. The van der Waals surface area contributed by atoms with Crippen LogP contribution in [0.1, 0.15) is 87.1 Å². The standard InChI is InChI=1S/C31H36F2N6O2/c1-30(2,3)41-29(40)39-14-6-10-23(39)28-36-18-26(38-28)31(25-17-35-27(37-25)22-9-5-13-34-22)12-11-20(16-24(31)33)19-7-4-8-21(32)15-19/h4,7-8,11-12,15-18,22-24,34H,5-6,9-10,13-14H2,1-3H3,(H,35,37)(H,36,38)/t22-,23-,24?,31?/m0/s1. The molecule has 3 aliphatic rings. The zero-order chi connectivity index (χ0) is 28.8. The number of likely N-dealkylation sites (tertiary alicyclic amines) is 1. The second-order valence-electron chi connectivity index (χ2n) is 12.1. The number of allylic oxidation sites excluding steroid dienone is 4. The highest BCUT2D eigenvalue weighted by atomic mass is 19.1. The van der Waals surface area contributed by atoms with Gasteiger partial charge in [0.15, 0.2) is 0 Å². The van der Waals surface area contributed by atoms with Crippen LogP contribution in [-0.4, -0.2) is 55.8 Å². The predicted molar refractivity (Wildman–Crippen MR) is 151 cm³/mol. The van der Waals surface area contributed by atoms with Crippen molar-refractivity contribution in [3.63, 3.8) is 0 Å². The van der Waals surface area contributed by atoms with Crippen LogP contribution in [0.5, 0.6) is 0 Å². The number of nitrogens with zero attached hydrogens (tertiary/aromatic N) is 3. The van der Waals surface area contributed by atoms with E-state index in [0.717, 1.165) is 38.1 Å². The number of rotatable bonds is 5. The summed E-state index contributed by atoms with van der Waals surface area (Å²) >= 11 is 0. The van der Waals surface area contributed by atoms with Crippen LogP contribution in [0.15, 0.2) is 54.9 Å². The summed E-state index contributed by atoms with van der Waals surface area (Å²) in [6.07, 6.45) is 10.1. The Morgan fingerprint density at radius 2 is 1.85 bits per heavy atom. The number of aromatic nitrogens is 4. The van der Waals surface area contributed by atoms with Gasteiger partial charge in [-0.3, -0.25) is 4.90 Å². The van der Waals surface area contributed by atoms with Gasteiger partial charge in [0.2, 0.25) is 0 Å². The van der Waals surface area contributed by atoms with E-state index in [9.17, 15) is 9.18 Å². The fraction of sp³-hybridized carbons (Fsp3) is 0.452. The van der Waals surface area contributed by atoms with Crippen LogP contribution in [0, 0.1) is 5.82 Å². The van der Waals surface area contributed by atoms with E-state index in [1.165, 1.54) is 18.2 Å². The summed E-state index contributed by atoms with van der Waals surface area (Å²) in [6.45, 7) is 6.99. The van der Waals surface area contributed by atoms with Gasteiger partial charge in [-0.1, -0.05) is 24.3 Å². The molecule has 6 rings (SSSR count). The minimum absolute atomic E-state index is 0.0861. The third-order valence-corrected chi connectivity index (χ3v) is 8.11. The number of hydrogen-bond donors (Lipinski definition) is 3. The van der Waals surface area contributed by atoms with Gasteiger partial charge in [0.25, 0.3) is 0 Å². The van der Waals surface area contributed by atoms with Gasteiger partial charge in [-0.2, -0.15) is 0 Å². The Hall–Kier alpha value is -3.79. The molecule has 0 radical (unpaired) electrons. The zero-order valence-electron chi connectivity index (χ0n) is 23.6. The van der Waals surface area contributed by atoms with E-state index in [1.807, 2.05) is 26.8 Å². The fourth-order valence-corrected chi connectivity index (χ4v) is 6.09. The molecule has 1 aromatic carbocycles. The van der Waals surface area contributed by atoms with Gasteiger partial charge < -0.3 is 20.0 Å². The number of halogens is 2. The summed E-state index contributed by atoms with van der Waals surface area (Å²) in [5.41, 5.74) is 0.427. The Labute approximate surface area is 238 Å². The first-order valence-electron chi connectivity index (χ1n) is 14.3. The Balaban J connectivity index is 1.37. The summed E-state index contributed by atoms with van der Waals surface area (Å²) in [6, 6.07) is 5.92. The molecule has 3 aromatic rings. The lowest BCUT2D eigenvalue weighted by molar-refractivity contribution is 0.0218. The molecule has 41 heavy (non-hydrogen) atoms. The lowest BCUT2D eigenvalue weighted by Gasteiger charge is -2.34. The molecule has 2 saturated heterocycles. The number of carbonyl (C=O) groups excluding carboxylic acids is 1. The van der Waals surface area contributed by atoms with Crippen LogP contribution >= 0.6 is 0 Å². The van der Waals surface area contributed by atoms with Crippen LogP contribution < -0.4 is 5.32 Å². The SMILES string of the molecule is CC(C)(C)OC(=O)N1CCC[C@H]1c1ncc(C2(c3cnc([C@@H]4CCCN4)[nH]3)C=CC(c3cccc(F)c3)=CC2F)[nH]1. The van der Waals surface area contributed by atoms with Crippen molar-refractivity contribution in [2.24, 2.45) is 0 Å². The molecule has 0 spiro atoms. The minimum Gasteiger partial charge on any atom is -0.444 e. The fourth-order valence-electron chi connectivity index (χ4n) is 6.09. The molecule has 1 amide bonds. The Morgan fingerprint density at radius 1 is 1.10 bits per heavy atom. The first kappa shape index (κ1) is 27.4. The number of alkyl halides is 1. The number of H-pyrrole nitrogens is 2. The molecular formula is C31H36F2N6O2. The second kappa shape index (κ2) is 10.6. The van der Waals surface area contributed by atoms with Crippen LogP contribution in [0.2, 0.25) is 0 Å². The molecule has 2 fully saturated rings. The monoisotopic (exact) mass is 562 g/mol. The molecule has 0 bridgehead atoms. The molecule has 10 heteroatoms. The van der Waals surface area contributed by atoms with Gasteiger partial charge in [-0.15, -0.1) is 0 Å². The number of hydrogen-bond acceptors (Lipinski definition) is 5. The summed E-state index contributed by atoms with van der Waals surface area (Å²) < 4.78 is 36.3. The van der Waals surface area contributed by atoms with Crippen molar-refractivity contribution in [3.05, 3.63) is 89.3 Å². The largest absolute Gasteiger partial charge is 0.444 e. The smallest absolute Gasteiger partial charge is 0.410 e. The Bertz CT molecular complexity index is 1480. The van der Waals surface area contributed by atoms with Crippen molar-refractivity contribution < 1.29 is 18.3 Å². The maximum Gasteiger partial charge on any atom is 0.410 e. The van der Waals surface area contributed by atoms with Crippen molar-refractivity contribution in [1.82, 2.24) is 30.2 Å². The molecule has 8 nitrogen and oxygen atoms in total. The number of imidazole rings is 2. The zero-order valence-corrected chi connectivity index (χ0v) is 23.6. The van der Waals surface area contributed by atoms with Crippen molar-refractivity contribution in [3.8, 4) is 0 Å². The van der Waals surface area contributed by atoms with Crippen molar-refractivity contribution in [2.45, 2.75) is 75.7 Å². The molecule has 0 saturated carbocycles. The number of ether oxygens (including phenoxy) is 1. The first-order valence-corrected chi connectivity index (χ1v) is 14.3. The number of aromatic amines is 2. The average molecular weight is 563 g/mol. The van der Waals surface area contributed by atoms with Crippen LogP contribution in [0.3, 0.4) is 0 Å². The summed E-state index contributed by atoms with van der Waals surface area (Å²) in [5, 5.41) is 3.44. The summed E-state index contributed by atoms with van der Waals surface area (Å²) in [5.74, 6) is 0.972. The molecule has 3 N–H and O–H groups in total. The third kappa shape index (κ3) is 5.21. The molecular weight excluding hydrogens is 526 g/mol. The highest BCUT2D eigenvalue weighted by Gasteiger charge is 2.46. The normalized spacial score (nSPS) is 26.4. The molecule has 2 unspecified atom stereocenters. The quantitative estimate of drug-likeness (QED) is 0.352. The van der Waals surface area contributed by atoms with Gasteiger partial charge in [0, 0.05) is 18.9 Å². The van der Waals surface area contributed by atoms with Crippen LogP contribution in [0.25, 0.3) is 5.57 Å². The minimum atomic E-state index is -1.52. The first-order chi connectivity index (χ1) is 19.6. The van der Waals surface area contributed by atoms with Crippen LogP contribution in [0.4, 0.5) is 13.6 Å². The Morgan fingerprint density at radius 3 is 2.54 bits per heavy atom. The van der Waals surface area contributed by atoms with Gasteiger partial charge in [0.1, 0.15) is 34.7 Å². The van der Waals surface area contributed by atoms with E-state index in [4.69, 9.17) is 4.74 Å². The topological polar surface area (TPSA) is 98.9 Å². The van der Waals surface area contributed by atoms with E-state index in [1.54, 1.807) is 35.5 Å². The van der Waals surface area contributed by atoms with E-state index in [0.29, 0.717) is 34.9 Å². The van der Waals surface area contributed by atoms with Gasteiger partial charge >= 0.3 is 6.09 Å². The predicted octanol–water partition coefficient (Wildman–Crippen LogP) is 6.05. The van der Waals surface area contributed by atoms with Crippen LogP contribution in [-0.2, 0) is 10.2 Å². The molecule has 2 aromatic heterocycles. The summed E-state index contributed by atoms with van der Waals surface area (Å²) in [7, 11) is 0. The Kier molecular flexibility index (Phi) is 7.05. The average Bonchev–Trinajstić information content (AvgIpc) is 3.73. The number of carbonyl (C=O) groups is 1. The second-order valence-corrected chi connectivity index (χ2v) is 12.1. The number of amides is 1. The summed E-state index contributed by atoms with van der Waals surface area (Å²) in [4.78, 5) is 30.7. The van der Waals surface area contributed by atoms with E-state index in [-0.39, 0.29) is 17.9 Å². The molecule has 4 heterocycles. The van der Waals surface area contributed by atoms with Crippen molar-refractivity contribution >= 4 is 11.7 Å². The molecule has 216 valence electrons. The lowest BCUT2D eigenvalue weighted by atomic mass is 9.73. The maximum atomic E-state index is 16.7. The number of nitrogens with one attached hydrogen (secondary N) is 3. The van der Waals surface area contributed by atoms with Crippen molar-refractivity contribution in [2.75, 3.05) is 13.1 Å². The van der Waals surface area contributed by atoms with E-state index < -0.39 is 23.3 Å². The van der Waals surface area contributed by atoms with E-state index in [2.05, 4.69) is 25.3 Å². The number of benzene rings is 1. The lowest BCUT2D eigenvalue weighted by Crippen LogP contribution is -2.38. The molecule has 4 atom stereocenters. The van der Waals surface area contributed by atoms with Crippen molar-refractivity contribution in [1.29, 1.82) is 0 Å². The van der Waals surface area contributed by atoms with E-state index >= 15 is 4.39 Å². The molecule has 2 aliphatic heterocycles. The maximum absolute atomic E-state index is 16.7. The van der Waals surface area contributed by atoms with Gasteiger partial charge in [0.05, 0.1) is 23.5 Å². The van der Waals surface area contributed by atoms with Gasteiger partial charge in [-0.25, -0.2) is 23.5 Å². The molecule has 1 aliphatic carbocycles.